The predicted octanol–water partition coefficient (Wildman–Crippen LogP) is 2.96. The van der Waals surface area contributed by atoms with Gasteiger partial charge in [-0.1, -0.05) is 6.42 Å². The van der Waals surface area contributed by atoms with Crippen molar-refractivity contribution in [3.63, 3.8) is 0 Å². The first-order valence-corrected chi connectivity index (χ1v) is 7.16. The van der Waals surface area contributed by atoms with E-state index >= 15 is 0 Å². The molecule has 2 rings (SSSR count). The molecule has 0 aliphatic heterocycles. The Labute approximate surface area is 124 Å². The maximum absolute atomic E-state index is 13.1. The Bertz CT molecular complexity index is 543. The number of carbonyl (C=O) groups excluding carboxylic acids is 1. The van der Waals surface area contributed by atoms with Crippen molar-refractivity contribution in [1.29, 1.82) is 0 Å². The lowest BCUT2D eigenvalue weighted by molar-refractivity contribution is -0.141. The number of benzene rings is 1. The number of aliphatic carboxylic acids is 1. The largest absolute Gasteiger partial charge is 0.481 e. The Balaban J connectivity index is 1.97. The third kappa shape index (κ3) is 3.36. The molecule has 0 radical (unpaired) electrons. The van der Waals surface area contributed by atoms with Crippen LogP contribution in [0.1, 0.15) is 36.0 Å². The minimum atomic E-state index is -0.844. The molecule has 2 N–H and O–H groups in total. The van der Waals surface area contributed by atoms with Crippen LogP contribution in [0.15, 0.2) is 22.7 Å². The van der Waals surface area contributed by atoms with Gasteiger partial charge in [0.15, 0.2) is 0 Å². The lowest BCUT2D eigenvalue weighted by Crippen LogP contribution is -2.43. The van der Waals surface area contributed by atoms with Crippen molar-refractivity contribution in [1.82, 2.24) is 5.32 Å². The molecule has 20 heavy (non-hydrogen) atoms. The van der Waals surface area contributed by atoms with Crippen molar-refractivity contribution in [2.45, 2.75) is 25.7 Å². The highest BCUT2D eigenvalue weighted by Crippen LogP contribution is 2.43. The van der Waals surface area contributed by atoms with Gasteiger partial charge in [0.2, 0.25) is 0 Å². The van der Waals surface area contributed by atoms with Gasteiger partial charge in [0.05, 0.1) is 10.9 Å². The van der Waals surface area contributed by atoms with Crippen LogP contribution in [-0.4, -0.2) is 23.5 Å². The molecule has 0 bridgehead atoms. The van der Waals surface area contributed by atoms with Gasteiger partial charge < -0.3 is 10.4 Å². The van der Waals surface area contributed by atoms with Crippen molar-refractivity contribution in [3.05, 3.63) is 34.1 Å². The van der Waals surface area contributed by atoms with Crippen molar-refractivity contribution in [2.75, 3.05) is 6.54 Å². The van der Waals surface area contributed by atoms with Gasteiger partial charge in [0.1, 0.15) is 5.82 Å². The van der Waals surface area contributed by atoms with Crippen LogP contribution in [0.5, 0.6) is 0 Å². The number of nitrogens with one attached hydrogen (secondary N) is 1. The van der Waals surface area contributed by atoms with Crippen LogP contribution in [0.4, 0.5) is 4.39 Å². The number of halogens is 2. The number of carboxylic acids is 1. The lowest BCUT2D eigenvalue weighted by atomic mass is 9.66. The number of rotatable bonds is 5. The predicted molar refractivity (Wildman–Crippen MR) is 75.0 cm³/mol. The van der Waals surface area contributed by atoms with Crippen LogP contribution in [0, 0.1) is 11.2 Å². The number of hydrogen-bond donors (Lipinski definition) is 2. The number of carbonyl (C=O) groups is 2. The quantitative estimate of drug-likeness (QED) is 0.863. The summed E-state index contributed by atoms with van der Waals surface area (Å²) >= 11 is 3.03. The molecule has 0 atom stereocenters. The molecule has 1 saturated carbocycles. The highest BCUT2D eigenvalue weighted by atomic mass is 79.9. The van der Waals surface area contributed by atoms with Gasteiger partial charge in [0.25, 0.3) is 5.91 Å². The Morgan fingerprint density at radius 1 is 1.40 bits per heavy atom. The summed E-state index contributed by atoms with van der Waals surface area (Å²) in [5.41, 5.74) is 0.0294. The molecule has 0 heterocycles. The van der Waals surface area contributed by atoms with Crippen molar-refractivity contribution in [2.24, 2.45) is 5.41 Å². The zero-order chi connectivity index (χ0) is 14.8. The summed E-state index contributed by atoms with van der Waals surface area (Å²) in [6, 6.07) is 4.03. The summed E-state index contributed by atoms with van der Waals surface area (Å²) in [5, 5.41) is 11.7. The first-order chi connectivity index (χ1) is 9.42. The van der Waals surface area contributed by atoms with E-state index in [1.165, 1.54) is 18.2 Å². The SMILES string of the molecule is O=C(O)CC1(CNC(=O)c2ccc(F)c(Br)c2)CCC1. The van der Waals surface area contributed by atoms with Crippen molar-refractivity contribution in [3.8, 4) is 0 Å². The summed E-state index contributed by atoms with van der Waals surface area (Å²) in [6.07, 6.45) is 2.69. The van der Waals surface area contributed by atoms with Crippen molar-refractivity contribution < 1.29 is 19.1 Å². The normalized spacial score (nSPS) is 16.3. The van der Waals surface area contributed by atoms with Gasteiger partial charge in [-0.05, 0) is 52.4 Å². The Kier molecular flexibility index (Phi) is 4.42. The first-order valence-electron chi connectivity index (χ1n) is 6.37. The standard InChI is InChI=1S/C14H15BrFNO3/c15-10-6-9(2-3-11(10)16)13(20)17-8-14(4-1-5-14)7-12(18)19/h2-3,6H,1,4-5,7-8H2,(H,17,20)(H,18,19). The number of carboxylic acid groups (broad SMARTS) is 1. The summed E-state index contributed by atoms with van der Waals surface area (Å²) in [4.78, 5) is 22.8. The lowest BCUT2D eigenvalue weighted by Gasteiger charge is -2.40. The number of hydrogen-bond acceptors (Lipinski definition) is 2. The molecule has 6 heteroatoms. The highest BCUT2D eigenvalue weighted by Gasteiger charge is 2.39. The maximum atomic E-state index is 13.1. The third-order valence-corrected chi connectivity index (χ3v) is 4.35. The highest BCUT2D eigenvalue weighted by molar-refractivity contribution is 9.10. The van der Waals surface area contributed by atoms with E-state index in [0.29, 0.717) is 12.1 Å². The zero-order valence-corrected chi connectivity index (χ0v) is 12.4. The maximum Gasteiger partial charge on any atom is 0.303 e. The summed E-state index contributed by atoms with van der Waals surface area (Å²) < 4.78 is 13.3. The van der Waals surface area contributed by atoms with Crippen LogP contribution in [0.3, 0.4) is 0 Å². The van der Waals surface area contributed by atoms with E-state index < -0.39 is 11.8 Å². The minimum Gasteiger partial charge on any atom is -0.481 e. The van der Waals surface area contributed by atoms with E-state index in [1.807, 2.05) is 0 Å². The van der Waals surface area contributed by atoms with Gasteiger partial charge in [-0.3, -0.25) is 9.59 Å². The smallest absolute Gasteiger partial charge is 0.303 e. The van der Waals surface area contributed by atoms with E-state index in [4.69, 9.17) is 5.11 Å². The number of amides is 1. The molecule has 1 aromatic rings. The van der Waals surface area contributed by atoms with Gasteiger partial charge >= 0.3 is 5.97 Å². The van der Waals surface area contributed by atoms with Gasteiger partial charge in [-0.2, -0.15) is 0 Å². The fourth-order valence-electron chi connectivity index (χ4n) is 2.42. The Hall–Kier alpha value is -1.43. The molecule has 0 spiro atoms. The molecule has 1 amide bonds. The van der Waals surface area contributed by atoms with E-state index in [-0.39, 0.29) is 22.2 Å². The van der Waals surface area contributed by atoms with Crippen LogP contribution in [0.25, 0.3) is 0 Å². The molecular formula is C14H15BrFNO3. The third-order valence-electron chi connectivity index (χ3n) is 3.75. The van der Waals surface area contributed by atoms with E-state index in [0.717, 1.165) is 19.3 Å². The van der Waals surface area contributed by atoms with E-state index in [2.05, 4.69) is 21.2 Å². The zero-order valence-electron chi connectivity index (χ0n) is 10.8. The second-order valence-electron chi connectivity index (χ2n) is 5.24. The fourth-order valence-corrected chi connectivity index (χ4v) is 2.80. The molecule has 0 unspecified atom stereocenters. The molecule has 0 saturated heterocycles. The first kappa shape index (κ1) is 15.0. The minimum absolute atomic E-state index is 0.0698. The van der Waals surface area contributed by atoms with E-state index in [9.17, 15) is 14.0 Å². The van der Waals surface area contributed by atoms with Crippen LogP contribution in [0.2, 0.25) is 0 Å². The second kappa shape index (κ2) is 5.91. The Morgan fingerprint density at radius 3 is 2.60 bits per heavy atom. The molecule has 1 aliphatic carbocycles. The molecule has 4 nitrogen and oxygen atoms in total. The van der Waals surface area contributed by atoms with Crippen LogP contribution in [-0.2, 0) is 4.79 Å². The molecule has 1 fully saturated rings. The fraction of sp³-hybridized carbons (Fsp3) is 0.429. The van der Waals surface area contributed by atoms with Gasteiger partial charge in [0, 0.05) is 12.1 Å². The summed E-state index contributed by atoms with van der Waals surface area (Å²) in [7, 11) is 0. The summed E-state index contributed by atoms with van der Waals surface area (Å²) in [5.74, 6) is -1.59. The van der Waals surface area contributed by atoms with Gasteiger partial charge in [-0.15, -0.1) is 0 Å². The van der Waals surface area contributed by atoms with Gasteiger partial charge in [-0.25, -0.2) is 4.39 Å². The molecule has 108 valence electrons. The monoisotopic (exact) mass is 343 g/mol. The molecule has 1 aromatic carbocycles. The van der Waals surface area contributed by atoms with Crippen LogP contribution >= 0.6 is 15.9 Å². The second-order valence-corrected chi connectivity index (χ2v) is 6.09. The van der Waals surface area contributed by atoms with Crippen molar-refractivity contribution >= 4 is 27.8 Å². The topological polar surface area (TPSA) is 66.4 Å². The van der Waals surface area contributed by atoms with Crippen LogP contribution < -0.4 is 5.32 Å². The van der Waals surface area contributed by atoms with E-state index in [1.54, 1.807) is 0 Å². The molecular weight excluding hydrogens is 329 g/mol. The molecule has 0 aromatic heterocycles. The molecule has 1 aliphatic rings. The Morgan fingerprint density at radius 2 is 2.10 bits per heavy atom. The average molecular weight is 344 g/mol. The average Bonchev–Trinajstić information content (AvgIpc) is 2.35. The summed E-state index contributed by atoms with van der Waals surface area (Å²) in [6.45, 7) is 0.340.